The quantitative estimate of drug-likeness (QED) is 0.738. The van der Waals surface area contributed by atoms with E-state index < -0.39 is 0 Å². The Morgan fingerprint density at radius 2 is 2.07 bits per heavy atom. The molecule has 4 heteroatoms. The van der Waals surface area contributed by atoms with Crippen molar-refractivity contribution >= 4 is 11.8 Å². The summed E-state index contributed by atoms with van der Waals surface area (Å²) in [5.74, 6) is 0.721. The summed E-state index contributed by atoms with van der Waals surface area (Å²) in [6, 6.07) is 0.0481. The number of amides is 2. The zero-order valence-electron chi connectivity index (χ0n) is 9.32. The monoisotopic (exact) mass is 210 g/mol. The van der Waals surface area contributed by atoms with Crippen LogP contribution in [0.15, 0.2) is 0 Å². The molecule has 0 aromatic rings. The molecule has 1 aliphatic carbocycles. The molecule has 2 fully saturated rings. The van der Waals surface area contributed by atoms with Gasteiger partial charge in [-0.3, -0.25) is 9.59 Å². The van der Waals surface area contributed by atoms with Crippen LogP contribution >= 0.6 is 0 Å². The fourth-order valence-electron chi connectivity index (χ4n) is 2.34. The van der Waals surface area contributed by atoms with Gasteiger partial charge in [-0.05, 0) is 18.8 Å². The van der Waals surface area contributed by atoms with Crippen molar-refractivity contribution in [1.29, 1.82) is 0 Å². The number of carbonyl (C=O) groups is 2. The lowest BCUT2D eigenvalue weighted by atomic mass is 10.1. The van der Waals surface area contributed by atoms with Crippen molar-refractivity contribution in [3.05, 3.63) is 0 Å². The molecule has 1 saturated heterocycles. The highest BCUT2D eigenvalue weighted by atomic mass is 16.2. The average Bonchev–Trinajstić information content (AvgIpc) is 3.00. The highest BCUT2D eigenvalue weighted by molar-refractivity contribution is 5.95. The lowest BCUT2D eigenvalue weighted by molar-refractivity contribution is -0.145. The number of rotatable bonds is 3. The van der Waals surface area contributed by atoms with Crippen molar-refractivity contribution in [2.75, 3.05) is 6.54 Å². The van der Waals surface area contributed by atoms with Gasteiger partial charge in [0.2, 0.25) is 11.8 Å². The second kappa shape index (κ2) is 3.83. The summed E-state index contributed by atoms with van der Waals surface area (Å²) in [5.41, 5.74) is 0. The van der Waals surface area contributed by atoms with Gasteiger partial charge in [-0.15, -0.1) is 0 Å². The highest BCUT2D eigenvalue weighted by Crippen LogP contribution is 2.39. The zero-order chi connectivity index (χ0) is 11.0. The normalized spacial score (nSPS) is 35.3. The highest BCUT2D eigenvalue weighted by Gasteiger charge is 2.46. The lowest BCUT2D eigenvalue weighted by Gasteiger charge is -2.32. The van der Waals surface area contributed by atoms with Crippen LogP contribution in [0.4, 0.5) is 0 Å². The summed E-state index contributed by atoms with van der Waals surface area (Å²) in [7, 11) is 0. The first-order valence-corrected chi connectivity index (χ1v) is 5.77. The van der Waals surface area contributed by atoms with E-state index in [0.717, 1.165) is 12.8 Å². The van der Waals surface area contributed by atoms with Crippen LogP contribution in [0.5, 0.6) is 0 Å². The molecule has 0 aromatic carbocycles. The van der Waals surface area contributed by atoms with Crippen molar-refractivity contribution < 1.29 is 9.59 Å². The third-order valence-electron chi connectivity index (χ3n) is 3.45. The predicted molar refractivity (Wildman–Crippen MR) is 56.1 cm³/mol. The number of nitrogens with one attached hydrogen (secondary N) is 1. The third-order valence-corrected chi connectivity index (χ3v) is 3.45. The third kappa shape index (κ3) is 1.85. The van der Waals surface area contributed by atoms with Crippen molar-refractivity contribution in [2.24, 2.45) is 5.92 Å². The van der Waals surface area contributed by atoms with E-state index in [-0.39, 0.29) is 24.4 Å². The molecule has 3 atom stereocenters. The molecule has 3 unspecified atom stereocenters. The fourth-order valence-corrected chi connectivity index (χ4v) is 2.34. The van der Waals surface area contributed by atoms with Crippen LogP contribution in [0, 0.1) is 5.92 Å². The van der Waals surface area contributed by atoms with Crippen LogP contribution in [0.25, 0.3) is 0 Å². The smallest absolute Gasteiger partial charge is 0.245 e. The summed E-state index contributed by atoms with van der Waals surface area (Å²) in [6.07, 6.45) is 2.86. The fraction of sp³-hybridized carbons (Fsp3) is 0.818. The minimum Gasteiger partial charge on any atom is -0.343 e. The van der Waals surface area contributed by atoms with E-state index in [9.17, 15) is 9.59 Å². The van der Waals surface area contributed by atoms with Gasteiger partial charge in [-0.25, -0.2) is 0 Å². The van der Waals surface area contributed by atoms with E-state index in [1.54, 1.807) is 4.90 Å². The minimum absolute atomic E-state index is 0.0109. The SMILES string of the molecule is CCC1NC(=O)CN(C2CC2CC)C1=O. The summed E-state index contributed by atoms with van der Waals surface area (Å²) < 4.78 is 0. The number of piperazine rings is 1. The molecule has 2 aliphatic rings. The van der Waals surface area contributed by atoms with Crippen LogP contribution < -0.4 is 5.32 Å². The van der Waals surface area contributed by atoms with Crippen molar-refractivity contribution in [2.45, 2.75) is 45.2 Å². The van der Waals surface area contributed by atoms with Gasteiger partial charge in [-0.2, -0.15) is 0 Å². The van der Waals surface area contributed by atoms with E-state index >= 15 is 0 Å². The van der Waals surface area contributed by atoms with Gasteiger partial charge < -0.3 is 10.2 Å². The summed E-state index contributed by atoms with van der Waals surface area (Å²) in [4.78, 5) is 25.1. The molecule has 15 heavy (non-hydrogen) atoms. The molecular weight excluding hydrogens is 192 g/mol. The van der Waals surface area contributed by atoms with E-state index in [1.807, 2.05) is 6.92 Å². The standard InChI is InChI=1S/C11H18N2O2/c1-3-7-5-9(7)13-6-10(14)12-8(4-2)11(13)15/h7-9H,3-6H2,1-2H3,(H,12,14). The number of hydrogen-bond acceptors (Lipinski definition) is 2. The van der Waals surface area contributed by atoms with E-state index in [1.165, 1.54) is 0 Å². The predicted octanol–water partition coefficient (Wildman–Crippen LogP) is 0.522. The van der Waals surface area contributed by atoms with Crippen LogP contribution in [0.1, 0.15) is 33.1 Å². The molecule has 84 valence electrons. The Bertz CT molecular complexity index is 290. The molecule has 1 aliphatic heterocycles. The van der Waals surface area contributed by atoms with Crippen molar-refractivity contribution in [3.63, 3.8) is 0 Å². The molecule has 2 rings (SSSR count). The first-order valence-electron chi connectivity index (χ1n) is 5.77. The zero-order valence-corrected chi connectivity index (χ0v) is 9.32. The largest absolute Gasteiger partial charge is 0.343 e. The van der Waals surface area contributed by atoms with Gasteiger partial charge in [0.15, 0.2) is 0 Å². The average molecular weight is 210 g/mol. The van der Waals surface area contributed by atoms with Crippen LogP contribution in [-0.4, -0.2) is 35.3 Å². The molecule has 1 N–H and O–H groups in total. The Hall–Kier alpha value is -1.06. The molecule has 4 nitrogen and oxygen atoms in total. The number of nitrogens with zero attached hydrogens (tertiary/aromatic N) is 1. The Kier molecular flexibility index (Phi) is 2.67. The molecule has 0 radical (unpaired) electrons. The van der Waals surface area contributed by atoms with Crippen molar-refractivity contribution in [3.8, 4) is 0 Å². The first kappa shape index (κ1) is 10.5. The maximum Gasteiger partial charge on any atom is 0.245 e. The topological polar surface area (TPSA) is 49.4 Å². The second-order valence-electron chi connectivity index (χ2n) is 4.47. The minimum atomic E-state index is -0.288. The first-order chi connectivity index (χ1) is 7.17. The summed E-state index contributed by atoms with van der Waals surface area (Å²) in [6.45, 7) is 4.32. The number of hydrogen-bond donors (Lipinski definition) is 1. The summed E-state index contributed by atoms with van der Waals surface area (Å²) in [5, 5.41) is 2.73. The summed E-state index contributed by atoms with van der Waals surface area (Å²) >= 11 is 0. The van der Waals surface area contributed by atoms with E-state index in [2.05, 4.69) is 12.2 Å². The van der Waals surface area contributed by atoms with Gasteiger partial charge in [-0.1, -0.05) is 20.3 Å². The Balaban J connectivity index is 2.04. The number of carbonyl (C=O) groups excluding carboxylic acids is 2. The van der Waals surface area contributed by atoms with Crippen LogP contribution in [-0.2, 0) is 9.59 Å². The molecule has 1 saturated carbocycles. The maximum absolute atomic E-state index is 12.0. The molecule has 2 amide bonds. The van der Waals surface area contributed by atoms with Crippen LogP contribution in [0.2, 0.25) is 0 Å². The lowest BCUT2D eigenvalue weighted by Crippen LogP contribution is -2.58. The molecule has 0 aromatic heterocycles. The Morgan fingerprint density at radius 1 is 1.33 bits per heavy atom. The Morgan fingerprint density at radius 3 is 2.60 bits per heavy atom. The molecular formula is C11H18N2O2. The van der Waals surface area contributed by atoms with Gasteiger partial charge in [0.25, 0.3) is 0 Å². The second-order valence-corrected chi connectivity index (χ2v) is 4.47. The molecule has 0 spiro atoms. The van der Waals surface area contributed by atoms with Gasteiger partial charge >= 0.3 is 0 Å². The van der Waals surface area contributed by atoms with E-state index in [4.69, 9.17) is 0 Å². The maximum atomic E-state index is 12.0. The van der Waals surface area contributed by atoms with E-state index in [0.29, 0.717) is 18.4 Å². The Labute approximate surface area is 90.0 Å². The van der Waals surface area contributed by atoms with Gasteiger partial charge in [0.1, 0.15) is 6.04 Å². The van der Waals surface area contributed by atoms with Crippen LogP contribution in [0.3, 0.4) is 0 Å². The van der Waals surface area contributed by atoms with Gasteiger partial charge in [0, 0.05) is 6.04 Å². The van der Waals surface area contributed by atoms with Gasteiger partial charge in [0.05, 0.1) is 6.54 Å². The molecule has 1 heterocycles. The molecule has 0 bridgehead atoms. The van der Waals surface area contributed by atoms with Crippen molar-refractivity contribution in [1.82, 2.24) is 10.2 Å².